The smallest absolute Gasteiger partial charge is 0.228 e. The average Bonchev–Trinajstić information content (AvgIpc) is 3.37. The number of anilines is 1. The summed E-state index contributed by atoms with van der Waals surface area (Å²) in [4.78, 5) is 20.9. The fourth-order valence-electron chi connectivity index (χ4n) is 3.15. The number of amides is 1. The predicted octanol–water partition coefficient (Wildman–Crippen LogP) is 1.42. The van der Waals surface area contributed by atoms with E-state index in [0.717, 1.165) is 31.7 Å². The van der Waals surface area contributed by atoms with E-state index >= 15 is 0 Å². The van der Waals surface area contributed by atoms with Crippen molar-refractivity contribution in [2.45, 2.75) is 25.9 Å². The van der Waals surface area contributed by atoms with Crippen LogP contribution in [-0.2, 0) is 9.53 Å². The maximum absolute atomic E-state index is 12.5. The van der Waals surface area contributed by atoms with E-state index in [0.29, 0.717) is 25.3 Å². The Kier molecular flexibility index (Phi) is 4.77. The molecule has 1 aromatic heterocycles. The maximum Gasteiger partial charge on any atom is 0.228 e. The summed E-state index contributed by atoms with van der Waals surface area (Å²) in [5, 5.41) is 9.23. The highest BCUT2D eigenvalue weighted by atomic mass is 16.5. The van der Waals surface area contributed by atoms with Crippen molar-refractivity contribution < 1.29 is 9.53 Å². The number of hydrogen-bond donors (Lipinski definition) is 0. The molecule has 1 saturated heterocycles. The molecule has 1 aliphatic carbocycles. The largest absolute Gasteiger partial charge is 0.378 e. The van der Waals surface area contributed by atoms with Crippen LogP contribution in [0.4, 0.5) is 5.82 Å². The van der Waals surface area contributed by atoms with Crippen molar-refractivity contribution in [3.05, 3.63) is 23.9 Å². The average molecular weight is 314 g/mol. The van der Waals surface area contributed by atoms with Crippen LogP contribution in [0.25, 0.3) is 0 Å². The fourth-order valence-corrected chi connectivity index (χ4v) is 3.15. The molecule has 3 rings (SSSR count). The van der Waals surface area contributed by atoms with Gasteiger partial charge in [0.25, 0.3) is 0 Å². The second-order valence-electron chi connectivity index (χ2n) is 5.99. The molecule has 1 saturated carbocycles. The lowest BCUT2D eigenvalue weighted by molar-refractivity contribution is -0.133. The molecular formula is C17H22N4O2. The Hall–Kier alpha value is -2.13. The number of nitriles is 1. The molecule has 2 aliphatic rings. The number of ether oxygens (including phenoxy) is 1. The zero-order valence-electron chi connectivity index (χ0n) is 13.4. The Morgan fingerprint density at radius 2 is 2.30 bits per heavy atom. The number of nitrogens with zero attached hydrogens (tertiary/aromatic N) is 4. The van der Waals surface area contributed by atoms with Crippen molar-refractivity contribution in [2.75, 3.05) is 37.7 Å². The first-order valence-corrected chi connectivity index (χ1v) is 8.25. The van der Waals surface area contributed by atoms with Crippen LogP contribution in [-0.4, -0.2) is 54.7 Å². The Labute approximate surface area is 136 Å². The standard InChI is InChI=1S/C17H22N4O2/c1-2-23-15-11-14(15)17(22)21-8-4-7-20(9-10-21)16-13(12-18)5-3-6-19-16/h3,5-6,14-15H,2,4,7-11H2,1H3/t14-,15+/m0/s1. The van der Waals surface area contributed by atoms with E-state index in [2.05, 4.69) is 16.0 Å². The lowest BCUT2D eigenvalue weighted by atomic mass is 10.2. The van der Waals surface area contributed by atoms with Crippen LogP contribution in [0.2, 0.25) is 0 Å². The molecule has 23 heavy (non-hydrogen) atoms. The van der Waals surface area contributed by atoms with Crippen molar-refractivity contribution in [2.24, 2.45) is 5.92 Å². The highest BCUT2D eigenvalue weighted by Crippen LogP contribution is 2.35. The number of hydrogen-bond acceptors (Lipinski definition) is 5. The maximum atomic E-state index is 12.5. The zero-order chi connectivity index (χ0) is 16.2. The highest BCUT2D eigenvalue weighted by Gasteiger charge is 2.45. The Bertz CT molecular complexity index is 613. The Balaban J connectivity index is 1.62. The van der Waals surface area contributed by atoms with Crippen LogP contribution < -0.4 is 4.90 Å². The monoisotopic (exact) mass is 314 g/mol. The van der Waals surface area contributed by atoms with Gasteiger partial charge < -0.3 is 14.5 Å². The van der Waals surface area contributed by atoms with Gasteiger partial charge in [0, 0.05) is 39.0 Å². The number of aromatic nitrogens is 1. The molecule has 0 bridgehead atoms. The summed E-state index contributed by atoms with van der Waals surface area (Å²) >= 11 is 0. The molecule has 2 heterocycles. The van der Waals surface area contributed by atoms with Crippen LogP contribution in [0, 0.1) is 17.2 Å². The summed E-state index contributed by atoms with van der Waals surface area (Å²) in [6.07, 6.45) is 3.57. The van der Waals surface area contributed by atoms with E-state index in [-0.39, 0.29) is 17.9 Å². The molecule has 122 valence electrons. The Morgan fingerprint density at radius 1 is 1.43 bits per heavy atom. The molecule has 0 radical (unpaired) electrons. The summed E-state index contributed by atoms with van der Waals surface area (Å²) in [6.45, 7) is 5.59. The molecule has 0 aromatic carbocycles. The molecule has 0 N–H and O–H groups in total. The van der Waals surface area contributed by atoms with Gasteiger partial charge in [0.1, 0.15) is 11.9 Å². The Morgan fingerprint density at radius 3 is 3.09 bits per heavy atom. The van der Waals surface area contributed by atoms with Gasteiger partial charge >= 0.3 is 0 Å². The van der Waals surface area contributed by atoms with Crippen LogP contribution >= 0.6 is 0 Å². The lowest BCUT2D eigenvalue weighted by Gasteiger charge is -2.23. The van der Waals surface area contributed by atoms with E-state index in [9.17, 15) is 10.1 Å². The van der Waals surface area contributed by atoms with Gasteiger partial charge in [-0.3, -0.25) is 4.79 Å². The van der Waals surface area contributed by atoms with Crippen LogP contribution in [0.15, 0.2) is 18.3 Å². The van der Waals surface area contributed by atoms with Gasteiger partial charge in [0.15, 0.2) is 0 Å². The van der Waals surface area contributed by atoms with Gasteiger partial charge in [-0.25, -0.2) is 4.98 Å². The first-order valence-electron chi connectivity index (χ1n) is 8.25. The van der Waals surface area contributed by atoms with Crippen molar-refractivity contribution >= 4 is 11.7 Å². The minimum absolute atomic E-state index is 0.0472. The fraction of sp³-hybridized carbons (Fsp3) is 0.588. The predicted molar refractivity (Wildman–Crippen MR) is 85.9 cm³/mol. The SMILES string of the molecule is CCO[C@@H]1C[C@@H]1C(=O)N1CCCN(c2ncccc2C#N)CC1. The third-order valence-electron chi connectivity index (χ3n) is 4.44. The third-order valence-corrected chi connectivity index (χ3v) is 4.44. The molecule has 1 amide bonds. The van der Waals surface area contributed by atoms with E-state index in [4.69, 9.17) is 4.74 Å². The van der Waals surface area contributed by atoms with Crippen molar-refractivity contribution in [1.82, 2.24) is 9.88 Å². The van der Waals surface area contributed by atoms with Gasteiger partial charge in [0.05, 0.1) is 17.6 Å². The van der Waals surface area contributed by atoms with E-state index in [1.807, 2.05) is 11.8 Å². The molecule has 0 spiro atoms. The van der Waals surface area contributed by atoms with Gasteiger partial charge in [-0.1, -0.05) is 0 Å². The lowest BCUT2D eigenvalue weighted by Crippen LogP contribution is -2.37. The summed E-state index contributed by atoms with van der Waals surface area (Å²) in [7, 11) is 0. The second-order valence-corrected chi connectivity index (χ2v) is 5.99. The molecule has 6 heteroatoms. The normalized spacial score (nSPS) is 24.0. The van der Waals surface area contributed by atoms with Gasteiger partial charge in [-0.2, -0.15) is 5.26 Å². The minimum Gasteiger partial charge on any atom is -0.378 e. The molecule has 1 aliphatic heterocycles. The second kappa shape index (κ2) is 6.97. The van der Waals surface area contributed by atoms with Crippen LogP contribution in [0.1, 0.15) is 25.3 Å². The number of carbonyl (C=O) groups is 1. The van der Waals surface area contributed by atoms with Gasteiger partial charge in [0.2, 0.25) is 5.91 Å². The van der Waals surface area contributed by atoms with Crippen LogP contribution in [0.5, 0.6) is 0 Å². The van der Waals surface area contributed by atoms with Gasteiger partial charge in [-0.15, -0.1) is 0 Å². The molecular weight excluding hydrogens is 292 g/mol. The summed E-state index contributed by atoms with van der Waals surface area (Å²) in [5.41, 5.74) is 0.589. The summed E-state index contributed by atoms with van der Waals surface area (Å²) in [6, 6.07) is 5.75. The first-order chi connectivity index (χ1) is 11.2. The number of carbonyl (C=O) groups excluding carboxylic acids is 1. The molecule has 2 fully saturated rings. The van der Waals surface area contributed by atoms with E-state index in [1.165, 1.54) is 0 Å². The number of pyridine rings is 1. The summed E-state index contributed by atoms with van der Waals surface area (Å²) < 4.78 is 5.53. The van der Waals surface area contributed by atoms with Crippen LogP contribution in [0.3, 0.4) is 0 Å². The minimum atomic E-state index is 0.0472. The highest BCUT2D eigenvalue weighted by molar-refractivity contribution is 5.82. The van der Waals surface area contributed by atoms with Crippen molar-refractivity contribution in [3.63, 3.8) is 0 Å². The molecule has 2 atom stereocenters. The quantitative estimate of drug-likeness (QED) is 0.840. The first kappa shape index (κ1) is 15.8. The summed E-state index contributed by atoms with van der Waals surface area (Å²) in [5.74, 6) is 0.987. The van der Waals surface area contributed by atoms with E-state index < -0.39 is 0 Å². The molecule has 0 unspecified atom stereocenters. The van der Waals surface area contributed by atoms with Gasteiger partial charge in [-0.05, 0) is 31.9 Å². The van der Waals surface area contributed by atoms with Crippen molar-refractivity contribution in [3.8, 4) is 6.07 Å². The molecule has 1 aromatic rings. The third kappa shape index (κ3) is 3.45. The van der Waals surface area contributed by atoms with Crippen molar-refractivity contribution in [1.29, 1.82) is 5.26 Å². The van der Waals surface area contributed by atoms with E-state index in [1.54, 1.807) is 18.3 Å². The topological polar surface area (TPSA) is 69.5 Å². The molecule has 6 nitrogen and oxygen atoms in total. The number of rotatable bonds is 4. The zero-order valence-corrected chi connectivity index (χ0v) is 13.4.